The highest BCUT2D eigenvalue weighted by molar-refractivity contribution is 7.80. The number of aromatic nitrogens is 1. The first-order valence-electron chi connectivity index (χ1n) is 9.61. The van der Waals surface area contributed by atoms with Gasteiger partial charge in [0.05, 0.1) is 21.8 Å². The van der Waals surface area contributed by atoms with Crippen molar-refractivity contribution in [2.24, 2.45) is 0 Å². The number of hydrogen-bond acceptors (Lipinski definition) is 4. The zero-order chi connectivity index (χ0) is 21.1. The summed E-state index contributed by atoms with van der Waals surface area (Å²) in [6, 6.07) is 15.0. The van der Waals surface area contributed by atoms with Gasteiger partial charge in [-0.1, -0.05) is 35.3 Å². The van der Waals surface area contributed by atoms with Crippen LogP contribution in [0.2, 0.25) is 10.0 Å². The quantitative estimate of drug-likeness (QED) is 0.361. The standard InChI is InChI=1S/C22H21Cl2N3O2S/c1-28-13-5-12-27-21(20(26-22(27)30)16-8-2-3-11-25-16)18-10-9-17(29-18)14-6-4-7-15(23)19(14)24/h2-4,6-11,20-21H,5,12-13H2,1H3,(H,26,30)/t20-,21-/m0/s1. The van der Waals surface area contributed by atoms with Gasteiger partial charge in [-0.05, 0) is 55.0 Å². The fraction of sp³-hybridized carbons (Fsp3) is 0.273. The molecular weight excluding hydrogens is 441 g/mol. The molecule has 5 nitrogen and oxygen atoms in total. The molecule has 0 unspecified atom stereocenters. The number of rotatable bonds is 7. The minimum atomic E-state index is -0.143. The van der Waals surface area contributed by atoms with Crippen molar-refractivity contribution in [2.75, 3.05) is 20.3 Å². The largest absolute Gasteiger partial charge is 0.459 e. The molecule has 1 N–H and O–H groups in total. The molecule has 1 fully saturated rings. The topological polar surface area (TPSA) is 50.5 Å². The Morgan fingerprint density at radius 3 is 2.80 bits per heavy atom. The molecule has 1 saturated heterocycles. The van der Waals surface area contributed by atoms with Crippen LogP contribution in [0.4, 0.5) is 0 Å². The van der Waals surface area contributed by atoms with Crippen molar-refractivity contribution >= 4 is 40.5 Å². The number of pyridine rings is 1. The van der Waals surface area contributed by atoms with Gasteiger partial charge < -0.3 is 19.4 Å². The molecule has 0 amide bonds. The molecular formula is C22H21Cl2N3O2S. The SMILES string of the molecule is COCCCN1C(=S)N[C@@H](c2ccccn2)[C@@H]1c1ccc(-c2cccc(Cl)c2Cl)o1. The van der Waals surface area contributed by atoms with Crippen molar-refractivity contribution in [3.8, 4) is 11.3 Å². The smallest absolute Gasteiger partial charge is 0.170 e. The lowest BCUT2D eigenvalue weighted by Crippen LogP contribution is -2.31. The highest BCUT2D eigenvalue weighted by Gasteiger charge is 2.41. The second-order valence-corrected chi connectivity index (χ2v) is 8.14. The molecule has 3 heterocycles. The summed E-state index contributed by atoms with van der Waals surface area (Å²) >= 11 is 18.2. The molecule has 1 aliphatic heterocycles. The molecule has 30 heavy (non-hydrogen) atoms. The fourth-order valence-corrected chi connectivity index (χ4v) is 4.41. The summed E-state index contributed by atoms with van der Waals surface area (Å²) < 4.78 is 11.5. The molecule has 1 aromatic carbocycles. The first kappa shape index (κ1) is 21.1. The lowest BCUT2D eigenvalue weighted by molar-refractivity contribution is 0.177. The molecule has 0 aliphatic carbocycles. The molecule has 0 bridgehead atoms. The van der Waals surface area contributed by atoms with Crippen molar-refractivity contribution in [2.45, 2.75) is 18.5 Å². The van der Waals surface area contributed by atoms with Gasteiger partial charge in [-0.15, -0.1) is 0 Å². The second kappa shape index (κ2) is 9.35. The van der Waals surface area contributed by atoms with E-state index in [9.17, 15) is 0 Å². The van der Waals surface area contributed by atoms with Crippen molar-refractivity contribution < 1.29 is 9.15 Å². The molecule has 156 valence electrons. The Labute approximate surface area is 190 Å². The normalized spacial score (nSPS) is 18.6. The maximum absolute atomic E-state index is 6.40. The number of ether oxygens (including phenoxy) is 1. The number of benzene rings is 1. The summed E-state index contributed by atoms with van der Waals surface area (Å²) in [7, 11) is 1.70. The Kier molecular flexibility index (Phi) is 6.58. The second-order valence-electron chi connectivity index (χ2n) is 6.97. The molecule has 1 aliphatic rings. The molecule has 0 spiro atoms. The van der Waals surface area contributed by atoms with E-state index < -0.39 is 0 Å². The van der Waals surface area contributed by atoms with E-state index in [-0.39, 0.29) is 12.1 Å². The van der Waals surface area contributed by atoms with Crippen LogP contribution in [0.5, 0.6) is 0 Å². The number of nitrogens with zero attached hydrogens (tertiary/aromatic N) is 2. The summed E-state index contributed by atoms with van der Waals surface area (Å²) in [5, 5.41) is 5.04. The lowest BCUT2D eigenvalue weighted by atomic mass is 10.0. The van der Waals surface area contributed by atoms with E-state index in [0.717, 1.165) is 30.0 Å². The van der Waals surface area contributed by atoms with Crippen LogP contribution < -0.4 is 5.32 Å². The van der Waals surface area contributed by atoms with E-state index in [1.54, 1.807) is 19.4 Å². The summed E-state index contributed by atoms with van der Waals surface area (Å²) in [5.41, 5.74) is 1.65. The zero-order valence-corrected chi connectivity index (χ0v) is 18.7. The molecule has 8 heteroatoms. The van der Waals surface area contributed by atoms with E-state index in [1.165, 1.54) is 0 Å². The average Bonchev–Trinajstić information content (AvgIpc) is 3.36. The average molecular weight is 462 g/mol. The van der Waals surface area contributed by atoms with Crippen molar-refractivity contribution in [3.05, 3.63) is 76.2 Å². The third-order valence-corrected chi connectivity index (χ3v) is 6.25. The summed E-state index contributed by atoms with van der Waals surface area (Å²) in [4.78, 5) is 6.67. The Morgan fingerprint density at radius 2 is 2.03 bits per heavy atom. The highest BCUT2D eigenvalue weighted by atomic mass is 35.5. The van der Waals surface area contributed by atoms with Gasteiger partial charge in [0.1, 0.15) is 17.6 Å². The lowest BCUT2D eigenvalue weighted by Gasteiger charge is -2.26. The van der Waals surface area contributed by atoms with Crippen molar-refractivity contribution in [1.82, 2.24) is 15.2 Å². The van der Waals surface area contributed by atoms with E-state index >= 15 is 0 Å². The van der Waals surface area contributed by atoms with Crippen molar-refractivity contribution in [3.63, 3.8) is 0 Å². The van der Waals surface area contributed by atoms with Gasteiger partial charge in [-0.25, -0.2) is 0 Å². The molecule has 0 radical (unpaired) electrons. The first-order chi connectivity index (χ1) is 14.6. The van der Waals surface area contributed by atoms with Crippen LogP contribution in [-0.4, -0.2) is 35.3 Å². The molecule has 3 aromatic rings. The molecule has 2 aromatic heterocycles. The Hall–Kier alpha value is -2.12. The summed E-state index contributed by atoms with van der Waals surface area (Å²) in [5.74, 6) is 1.44. The van der Waals surface area contributed by atoms with Crippen LogP contribution in [0.25, 0.3) is 11.3 Å². The Morgan fingerprint density at radius 1 is 1.17 bits per heavy atom. The fourth-order valence-electron chi connectivity index (χ4n) is 3.69. The van der Waals surface area contributed by atoms with Crippen LogP contribution in [0.1, 0.15) is 30.0 Å². The number of furan rings is 1. The maximum atomic E-state index is 6.40. The van der Waals surface area contributed by atoms with Gasteiger partial charge in [0.25, 0.3) is 0 Å². The van der Waals surface area contributed by atoms with Gasteiger partial charge >= 0.3 is 0 Å². The highest BCUT2D eigenvalue weighted by Crippen LogP contribution is 2.42. The third-order valence-electron chi connectivity index (χ3n) is 5.08. The number of hydrogen-bond donors (Lipinski definition) is 1. The molecule has 2 atom stereocenters. The van der Waals surface area contributed by atoms with Crippen LogP contribution in [-0.2, 0) is 4.74 Å². The molecule has 4 rings (SSSR count). The van der Waals surface area contributed by atoms with Crippen LogP contribution in [0.3, 0.4) is 0 Å². The van der Waals surface area contributed by atoms with Gasteiger partial charge in [0, 0.05) is 32.0 Å². The van der Waals surface area contributed by atoms with Crippen LogP contribution >= 0.6 is 35.4 Å². The Balaban J connectivity index is 1.71. The van der Waals surface area contributed by atoms with Gasteiger partial charge in [0.2, 0.25) is 0 Å². The van der Waals surface area contributed by atoms with E-state index in [2.05, 4.69) is 15.2 Å². The minimum Gasteiger partial charge on any atom is -0.459 e. The van der Waals surface area contributed by atoms with E-state index in [0.29, 0.717) is 27.5 Å². The number of thiocarbonyl (C=S) groups is 1. The monoisotopic (exact) mass is 461 g/mol. The third kappa shape index (κ3) is 4.18. The van der Waals surface area contributed by atoms with Crippen LogP contribution in [0.15, 0.2) is 59.1 Å². The predicted molar refractivity (Wildman–Crippen MR) is 123 cm³/mol. The first-order valence-corrected chi connectivity index (χ1v) is 10.8. The number of methoxy groups -OCH3 is 1. The number of halogens is 2. The Bertz CT molecular complexity index is 1030. The van der Waals surface area contributed by atoms with Crippen molar-refractivity contribution in [1.29, 1.82) is 0 Å². The maximum Gasteiger partial charge on any atom is 0.170 e. The van der Waals surface area contributed by atoms with Gasteiger partial charge in [0.15, 0.2) is 5.11 Å². The predicted octanol–water partition coefficient (Wildman–Crippen LogP) is 5.66. The molecule has 0 saturated carbocycles. The van der Waals surface area contributed by atoms with Gasteiger partial charge in [-0.3, -0.25) is 4.98 Å². The summed E-state index contributed by atoms with van der Waals surface area (Å²) in [6.07, 6.45) is 2.63. The minimum absolute atomic E-state index is 0.130. The van der Waals surface area contributed by atoms with E-state index in [4.69, 9.17) is 44.6 Å². The number of nitrogens with one attached hydrogen (secondary N) is 1. The van der Waals surface area contributed by atoms with Gasteiger partial charge in [-0.2, -0.15) is 0 Å². The summed E-state index contributed by atoms with van der Waals surface area (Å²) in [6.45, 7) is 1.39. The zero-order valence-electron chi connectivity index (χ0n) is 16.3. The van der Waals surface area contributed by atoms with E-state index in [1.807, 2.05) is 42.5 Å². The van der Waals surface area contributed by atoms with Crippen LogP contribution in [0, 0.1) is 0 Å².